The third-order valence-electron chi connectivity index (χ3n) is 4.59. The van der Waals surface area contributed by atoms with Crippen molar-refractivity contribution in [3.63, 3.8) is 0 Å². The Morgan fingerprint density at radius 3 is 2.80 bits per heavy atom. The van der Waals surface area contributed by atoms with Gasteiger partial charge in [0.25, 0.3) is 0 Å². The maximum atomic E-state index is 12.7. The standard InChI is InChI=1S/C18H25N3O4/c1-18(2,3)25-17(23)21-10-8-14-15(20(4)16(22)24-14)13(21)11-12-7-5-6-9-19-12/h5-7,9,13-15H,8,10-11H2,1-4H3. The van der Waals surface area contributed by atoms with Gasteiger partial charge in [0.2, 0.25) is 0 Å². The molecule has 2 aliphatic rings. The summed E-state index contributed by atoms with van der Waals surface area (Å²) in [6.45, 7) is 6.04. The number of carbonyl (C=O) groups excluding carboxylic acids is 2. The molecule has 2 saturated heterocycles. The molecule has 7 heteroatoms. The van der Waals surface area contributed by atoms with E-state index in [4.69, 9.17) is 9.47 Å². The molecule has 3 rings (SSSR count). The van der Waals surface area contributed by atoms with Crippen molar-refractivity contribution < 1.29 is 19.1 Å². The molecule has 0 aromatic carbocycles. The lowest BCUT2D eigenvalue weighted by Crippen LogP contribution is -2.60. The number of hydrogen-bond acceptors (Lipinski definition) is 5. The van der Waals surface area contributed by atoms with Crippen molar-refractivity contribution in [2.24, 2.45) is 0 Å². The highest BCUT2D eigenvalue weighted by atomic mass is 16.6. The van der Waals surface area contributed by atoms with Crippen LogP contribution in [-0.4, -0.2) is 64.4 Å². The minimum Gasteiger partial charge on any atom is -0.444 e. The number of fused-ring (bicyclic) bond motifs is 1. The number of likely N-dealkylation sites (tertiary alicyclic amines) is 1. The summed E-state index contributed by atoms with van der Waals surface area (Å²) in [5.41, 5.74) is 0.298. The maximum absolute atomic E-state index is 12.7. The van der Waals surface area contributed by atoms with Crippen molar-refractivity contribution in [1.29, 1.82) is 0 Å². The molecule has 0 spiro atoms. The summed E-state index contributed by atoms with van der Waals surface area (Å²) in [5, 5.41) is 0. The average Bonchev–Trinajstić information content (AvgIpc) is 2.82. The average molecular weight is 347 g/mol. The highest BCUT2D eigenvalue weighted by Crippen LogP contribution is 2.32. The van der Waals surface area contributed by atoms with E-state index in [-0.39, 0.29) is 30.4 Å². The van der Waals surface area contributed by atoms with Gasteiger partial charge < -0.3 is 19.3 Å². The Kier molecular flexibility index (Phi) is 4.58. The van der Waals surface area contributed by atoms with Crippen LogP contribution in [0.2, 0.25) is 0 Å². The van der Waals surface area contributed by atoms with E-state index in [1.165, 1.54) is 0 Å². The molecule has 25 heavy (non-hydrogen) atoms. The molecule has 2 aliphatic heterocycles. The molecule has 1 aromatic heterocycles. The van der Waals surface area contributed by atoms with Crippen molar-refractivity contribution in [1.82, 2.24) is 14.8 Å². The van der Waals surface area contributed by atoms with Crippen molar-refractivity contribution in [2.75, 3.05) is 13.6 Å². The van der Waals surface area contributed by atoms with Crippen molar-refractivity contribution in [3.8, 4) is 0 Å². The highest BCUT2D eigenvalue weighted by molar-refractivity contribution is 5.72. The maximum Gasteiger partial charge on any atom is 0.410 e. The van der Waals surface area contributed by atoms with Crippen LogP contribution in [0.25, 0.3) is 0 Å². The van der Waals surface area contributed by atoms with Crippen LogP contribution >= 0.6 is 0 Å². The number of likely N-dealkylation sites (N-methyl/N-ethyl adjacent to an activating group) is 1. The van der Waals surface area contributed by atoms with Gasteiger partial charge in [-0.05, 0) is 32.9 Å². The van der Waals surface area contributed by atoms with E-state index in [9.17, 15) is 9.59 Å². The van der Waals surface area contributed by atoms with E-state index >= 15 is 0 Å². The van der Waals surface area contributed by atoms with E-state index < -0.39 is 5.60 Å². The van der Waals surface area contributed by atoms with Gasteiger partial charge in [-0.15, -0.1) is 0 Å². The number of rotatable bonds is 2. The smallest absolute Gasteiger partial charge is 0.410 e. The SMILES string of the molecule is CN1C(=O)OC2CCN(C(=O)OC(C)(C)C)C(Cc3ccccn3)C21. The molecule has 7 nitrogen and oxygen atoms in total. The second kappa shape index (κ2) is 6.54. The number of amides is 2. The lowest BCUT2D eigenvalue weighted by Gasteiger charge is -2.43. The third kappa shape index (κ3) is 3.70. The van der Waals surface area contributed by atoms with Crippen LogP contribution in [0.15, 0.2) is 24.4 Å². The van der Waals surface area contributed by atoms with Gasteiger partial charge in [0.1, 0.15) is 11.7 Å². The summed E-state index contributed by atoms with van der Waals surface area (Å²) < 4.78 is 11.0. The zero-order chi connectivity index (χ0) is 18.2. The second-order valence-electron chi connectivity index (χ2n) is 7.58. The summed E-state index contributed by atoms with van der Waals surface area (Å²) >= 11 is 0. The monoisotopic (exact) mass is 347 g/mol. The molecule has 3 heterocycles. The Hall–Kier alpha value is -2.31. The Morgan fingerprint density at radius 2 is 2.16 bits per heavy atom. The number of ether oxygens (including phenoxy) is 2. The van der Waals surface area contributed by atoms with Gasteiger partial charge >= 0.3 is 12.2 Å². The fourth-order valence-electron chi connectivity index (χ4n) is 3.52. The van der Waals surface area contributed by atoms with Crippen LogP contribution in [0.5, 0.6) is 0 Å². The first-order valence-corrected chi connectivity index (χ1v) is 8.59. The molecule has 0 aliphatic carbocycles. The van der Waals surface area contributed by atoms with Gasteiger partial charge in [-0.3, -0.25) is 4.98 Å². The predicted octanol–water partition coefficient (Wildman–Crippen LogP) is 2.45. The Bertz CT molecular complexity index is 643. The Balaban J connectivity index is 1.88. The van der Waals surface area contributed by atoms with E-state index in [1.54, 1.807) is 23.0 Å². The van der Waals surface area contributed by atoms with E-state index in [0.717, 1.165) is 5.69 Å². The molecule has 136 valence electrons. The number of hydrogen-bond donors (Lipinski definition) is 0. The second-order valence-corrected chi connectivity index (χ2v) is 7.58. The number of aromatic nitrogens is 1. The topological polar surface area (TPSA) is 72.0 Å². The van der Waals surface area contributed by atoms with E-state index in [2.05, 4.69) is 4.98 Å². The van der Waals surface area contributed by atoms with Crippen molar-refractivity contribution in [3.05, 3.63) is 30.1 Å². The summed E-state index contributed by atoms with van der Waals surface area (Å²) in [6.07, 6.45) is 1.98. The molecule has 0 N–H and O–H groups in total. The Morgan fingerprint density at radius 1 is 1.40 bits per heavy atom. The lowest BCUT2D eigenvalue weighted by atomic mass is 9.90. The molecule has 2 amide bonds. The molecule has 0 bridgehead atoms. The summed E-state index contributed by atoms with van der Waals surface area (Å²) in [4.78, 5) is 32.4. The zero-order valence-electron chi connectivity index (χ0n) is 15.1. The normalized spacial score (nSPS) is 26.2. The van der Waals surface area contributed by atoms with Crippen LogP contribution in [0.3, 0.4) is 0 Å². The number of pyridine rings is 1. The number of piperidine rings is 1. The van der Waals surface area contributed by atoms with Gasteiger partial charge in [0.15, 0.2) is 0 Å². The molecular weight excluding hydrogens is 322 g/mol. The molecule has 0 radical (unpaired) electrons. The fourth-order valence-corrected chi connectivity index (χ4v) is 3.52. The van der Waals surface area contributed by atoms with E-state index in [0.29, 0.717) is 19.4 Å². The summed E-state index contributed by atoms with van der Waals surface area (Å²) in [5.74, 6) is 0. The zero-order valence-corrected chi connectivity index (χ0v) is 15.1. The van der Waals surface area contributed by atoms with Gasteiger partial charge in [0, 0.05) is 38.3 Å². The minimum atomic E-state index is -0.572. The highest BCUT2D eigenvalue weighted by Gasteiger charge is 2.50. The molecule has 0 saturated carbocycles. The first-order chi connectivity index (χ1) is 11.8. The first-order valence-electron chi connectivity index (χ1n) is 8.59. The molecule has 3 unspecified atom stereocenters. The fraction of sp³-hybridized carbons (Fsp3) is 0.611. The van der Waals surface area contributed by atoms with Gasteiger partial charge in [0.05, 0.1) is 12.1 Å². The largest absolute Gasteiger partial charge is 0.444 e. The predicted molar refractivity (Wildman–Crippen MR) is 91.1 cm³/mol. The number of carbonyl (C=O) groups is 2. The summed E-state index contributed by atoms with van der Waals surface area (Å²) in [7, 11) is 1.72. The van der Waals surface area contributed by atoms with Crippen molar-refractivity contribution in [2.45, 2.75) is 57.4 Å². The van der Waals surface area contributed by atoms with Crippen LogP contribution in [0.4, 0.5) is 9.59 Å². The number of nitrogens with zero attached hydrogens (tertiary/aromatic N) is 3. The molecule has 3 atom stereocenters. The summed E-state index contributed by atoms with van der Waals surface area (Å²) in [6, 6.07) is 5.26. The van der Waals surface area contributed by atoms with Gasteiger partial charge in [-0.25, -0.2) is 9.59 Å². The van der Waals surface area contributed by atoms with Crippen LogP contribution in [0, 0.1) is 0 Å². The Labute approximate surface area is 147 Å². The van der Waals surface area contributed by atoms with Crippen LogP contribution in [0.1, 0.15) is 32.9 Å². The molecular formula is C18H25N3O4. The lowest BCUT2D eigenvalue weighted by molar-refractivity contribution is -0.0135. The van der Waals surface area contributed by atoms with Gasteiger partial charge in [-0.2, -0.15) is 0 Å². The van der Waals surface area contributed by atoms with Crippen LogP contribution < -0.4 is 0 Å². The quantitative estimate of drug-likeness (QED) is 0.822. The van der Waals surface area contributed by atoms with E-state index in [1.807, 2.05) is 39.0 Å². The molecule has 1 aromatic rings. The molecule has 2 fully saturated rings. The minimum absolute atomic E-state index is 0.198. The van der Waals surface area contributed by atoms with Gasteiger partial charge in [-0.1, -0.05) is 6.07 Å². The third-order valence-corrected chi connectivity index (χ3v) is 4.59. The van der Waals surface area contributed by atoms with Crippen LogP contribution in [-0.2, 0) is 15.9 Å². The van der Waals surface area contributed by atoms with Crippen molar-refractivity contribution >= 4 is 12.2 Å². The first kappa shape index (κ1) is 17.5.